The number of hydrogen-bond acceptors (Lipinski definition) is 3. The molecule has 0 aliphatic heterocycles. The highest BCUT2D eigenvalue weighted by Crippen LogP contribution is 2.37. The number of aromatic carboxylic acids is 1. The van der Waals surface area contributed by atoms with Crippen LogP contribution in [0.15, 0.2) is 54.6 Å². The van der Waals surface area contributed by atoms with E-state index in [0.29, 0.717) is 6.07 Å². The fraction of sp³-hybridized carbons (Fsp3) is 0.130. The van der Waals surface area contributed by atoms with Crippen LogP contribution in [0.2, 0.25) is 0 Å². The van der Waals surface area contributed by atoms with Crippen LogP contribution in [-0.4, -0.2) is 27.8 Å². The average Bonchev–Trinajstić information content (AvgIpc) is 3.03. The van der Waals surface area contributed by atoms with Crippen LogP contribution in [0.5, 0.6) is 5.75 Å². The van der Waals surface area contributed by atoms with Crippen LogP contribution in [0.3, 0.4) is 0 Å². The van der Waals surface area contributed by atoms with E-state index >= 15 is 0 Å². The number of alkyl halides is 3. The van der Waals surface area contributed by atoms with E-state index in [9.17, 15) is 36.6 Å². The Balaban J connectivity index is 2.01. The van der Waals surface area contributed by atoms with Crippen molar-refractivity contribution >= 4 is 28.2 Å². The number of ketones is 1. The molecular weight excluding hydrogens is 449 g/mol. The first-order valence-electron chi connectivity index (χ1n) is 9.55. The maximum absolute atomic E-state index is 14.3. The van der Waals surface area contributed by atoms with Gasteiger partial charge < -0.3 is 14.4 Å². The standard InChI is InChI=1S/C23H14F5NO4/c24-13-6-5-12(17(25)9-13)11-29-18-8-7-14(33-23(26,27)28)10-16(18)20(21(29)22(31)32)15-3-1-2-4-19(15)30/h1-3,5-10H,4,11H2,(H,31,32). The van der Waals surface area contributed by atoms with Gasteiger partial charge in [0.05, 0.1) is 6.54 Å². The van der Waals surface area contributed by atoms with E-state index in [1.807, 2.05) is 0 Å². The molecule has 0 unspecified atom stereocenters. The molecule has 1 N–H and O–H groups in total. The number of carboxylic acid groups (broad SMARTS) is 1. The number of carboxylic acids is 1. The molecule has 33 heavy (non-hydrogen) atoms. The molecule has 0 amide bonds. The van der Waals surface area contributed by atoms with Gasteiger partial charge in [-0.25, -0.2) is 13.6 Å². The minimum Gasteiger partial charge on any atom is -0.477 e. The number of benzene rings is 2. The molecule has 0 saturated carbocycles. The fourth-order valence-corrected chi connectivity index (χ4v) is 3.78. The maximum atomic E-state index is 14.3. The van der Waals surface area contributed by atoms with Crippen molar-refractivity contribution in [2.75, 3.05) is 0 Å². The number of ether oxygens (including phenoxy) is 1. The predicted molar refractivity (Wildman–Crippen MR) is 108 cm³/mol. The van der Waals surface area contributed by atoms with Gasteiger partial charge in [-0.05, 0) is 24.3 Å². The SMILES string of the molecule is O=C1CC=CC=C1c1c(C(=O)O)n(Cc2ccc(F)cc2F)c2ccc(OC(F)(F)F)cc12. The van der Waals surface area contributed by atoms with Gasteiger partial charge in [-0.15, -0.1) is 13.2 Å². The van der Waals surface area contributed by atoms with Gasteiger partial charge in [0.15, 0.2) is 5.78 Å². The molecule has 1 aromatic heterocycles. The van der Waals surface area contributed by atoms with Crippen LogP contribution in [0, 0.1) is 11.6 Å². The summed E-state index contributed by atoms with van der Waals surface area (Å²) in [7, 11) is 0. The Morgan fingerprint density at radius 1 is 1.12 bits per heavy atom. The second-order valence-corrected chi connectivity index (χ2v) is 7.21. The Morgan fingerprint density at radius 3 is 2.52 bits per heavy atom. The molecule has 0 radical (unpaired) electrons. The quantitative estimate of drug-likeness (QED) is 0.509. The van der Waals surface area contributed by atoms with Gasteiger partial charge in [0.1, 0.15) is 23.1 Å². The van der Waals surface area contributed by atoms with Crippen molar-refractivity contribution in [3.05, 3.63) is 83.1 Å². The molecular formula is C23H14F5NO4. The summed E-state index contributed by atoms with van der Waals surface area (Å²) in [5.41, 5.74) is -0.470. The molecule has 0 saturated heterocycles. The summed E-state index contributed by atoms with van der Waals surface area (Å²) >= 11 is 0. The molecule has 1 heterocycles. The smallest absolute Gasteiger partial charge is 0.477 e. The number of aromatic nitrogens is 1. The number of allylic oxidation sites excluding steroid dienone is 4. The maximum Gasteiger partial charge on any atom is 0.573 e. The number of carbonyl (C=O) groups excluding carboxylic acids is 1. The number of carbonyl (C=O) groups is 2. The highest BCUT2D eigenvalue weighted by atomic mass is 19.4. The minimum atomic E-state index is -4.99. The van der Waals surface area contributed by atoms with Crippen molar-refractivity contribution < 1.29 is 41.4 Å². The van der Waals surface area contributed by atoms with Gasteiger partial charge in [0, 0.05) is 40.1 Å². The molecule has 4 rings (SSSR count). The molecule has 2 aromatic carbocycles. The zero-order valence-electron chi connectivity index (χ0n) is 16.6. The van der Waals surface area contributed by atoms with Gasteiger partial charge >= 0.3 is 12.3 Å². The van der Waals surface area contributed by atoms with Crippen molar-refractivity contribution in [3.8, 4) is 5.75 Å². The molecule has 0 atom stereocenters. The number of Topliss-reactive ketones (excluding diaryl/α,β-unsaturated/α-hetero) is 1. The molecule has 10 heteroatoms. The van der Waals surface area contributed by atoms with Crippen LogP contribution >= 0.6 is 0 Å². The van der Waals surface area contributed by atoms with E-state index in [-0.39, 0.29) is 40.6 Å². The Hall–Kier alpha value is -3.95. The number of halogens is 5. The van der Waals surface area contributed by atoms with Crippen LogP contribution < -0.4 is 4.74 Å². The van der Waals surface area contributed by atoms with E-state index < -0.39 is 41.2 Å². The number of nitrogens with zero attached hydrogens (tertiary/aromatic N) is 1. The first-order chi connectivity index (χ1) is 15.5. The first-order valence-corrected chi connectivity index (χ1v) is 9.55. The summed E-state index contributed by atoms with van der Waals surface area (Å²) in [5, 5.41) is 9.98. The van der Waals surface area contributed by atoms with Gasteiger partial charge in [0.25, 0.3) is 0 Å². The Labute approximate surface area is 183 Å². The second-order valence-electron chi connectivity index (χ2n) is 7.21. The molecule has 5 nitrogen and oxygen atoms in total. The third kappa shape index (κ3) is 4.36. The normalized spacial score (nSPS) is 14.0. The summed E-state index contributed by atoms with van der Waals surface area (Å²) < 4.78 is 71.1. The van der Waals surface area contributed by atoms with Crippen molar-refractivity contribution in [1.82, 2.24) is 4.57 Å². The van der Waals surface area contributed by atoms with Gasteiger partial charge in [0.2, 0.25) is 0 Å². The van der Waals surface area contributed by atoms with Crippen molar-refractivity contribution in [1.29, 1.82) is 0 Å². The van der Waals surface area contributed by atoms with Crippen molar-refractivity contribution in [2.45, 2.75) is 19.3 Å². The monoisotopic (exact) mass is 463 g/mol. The fourth-order valence-electron chi connectivity index (χ4n) is 3.78. The average molecular weight is 463 g/mol. The lowest BCUT2D eigenvalue weighted by Crippen LogP contribution is -2.17. The molecule has 170 valence electrons. The Morgan fingerprint density at radius 2 is 1.88 bits per heavy atom. The van der Waals surface area contributed by atoms with Crippen molar-refractivity contribution in [3.63, 3.8) is 0 Å². The summed E-state index contributed by atoms with van der Waals surface area (Å²) in [5.74, 6) is -4.29. The number of rotatable bonds is 5. The first kappa shape index (κ1) is 22.3. The lowest BCUT2D eigenvalue weighted by Gasteiger charge is -2.12. The zero-order valence-corrected chi connectivity index (χ0v) is 16.6. The molecule has 0 spiro atoms. The molecule has 3 aromatic rings. The predicted octanol–water partition coefficient (Wildman–Crippen LogP) is 5.48. The summed E-state index contributed by atoms with van der Waals surface area (Å²) in [6.45, 7) is -0.374. The van der Waals surface area contributed by atoms with Gasteiger partial charge in [-0.3, -0.25) is 4.79 Å². The molecule has 0 bridgehead atoms. The third-order valence-corrected chi connectivity index (χ3v) is 5.09. The summed E-state index contributed by atoms with van der Waals surface area (Å²) in [6, 6.07) is 5.93. The van der Waals surface area contributed by atoms with E-state index in [2.05, 4.69) is 4.74 Å². The van der Waals surface area contributed by atoms with Crippen LogP contribution in [0.1, 0.15) is 28.0 Å². The van der Waals surface area contributed by atoms with E-state index in [4.69, 9.17) is 0 Å². The molecule has 1 aliphatic carbocycles. The van der Waals surface area contributed by atoms with E-state index in [0.717, 1.165) is 28.8 Å². The second kappa shape index (κ2) is 8.19. The van der Waals surface area contributed by atoms with Gasteiger partial charge in [-0.1, -0.05) is 24.3 Å². The van der Waals surface area contributed by atoms with E-state index in [1.54, 1.807) is 6.08 Å². The topological polar surface area (TPSA) is 68.5 Å². The van der Waals surface area contributed by atoms with Crippen LogP contribution in [0.4, 0.5) is 22.0 Å². The van der Waals surface area contributed by atoms with Crippen molar-refractivity contribution in [2.24, 2.45) is 0 Å². The highest BCUT2D eigenvalue weighted by Gasteiger charge is 2.33. The largest absolute Gasteiger partial charge is 0.573 e. The lowest BCUT2D eigenvalue weighted by molar-refractivity contribution is -0.274. The lowest BCUT2D eigenvalue weighted by atomic mass is 9.93. The number of hydrogen-bond donors (Lipinski definition) is 1. The molecule has 0 fully saturated rings. The van der Waals surface area contributed by atoms with E-state index in [1.165, 1.54) is 18.2 Å². The Bertz CT molecular complexity index is 1350. The molecule has 1 aliphatic rings. The zero-order chi connectivity index (χ0) is 23.9. The Kier molecular flexibility index (Phi) is 5.52. The minimum absolute atomic E-state index is 0.00608. The third-order valence-electron chi connectivity index (χ3n) is 5.09. The van der Waals surface area contributed by atoms with Gasteiger partial charge in [-0.2, -0.15) is 0 Å². The van der Waals surface area contributed by atoms with Crippen LogP contribution in [-0.2, 0) is 11.3 Å². The summed E-state index contributed by atoms with van der Waals surface area (Å²) in [4.78, 5) is 24.8. The van der Waals surface area contributed by atoms with Crippen LogP contribution in [0.25, 0.3) is 16.5 Å². The number of fused-ring (bicyclic) bond motifs is 1. The highest BCUT2D eigenvalue weighted by molar-refractivity contribution is 6.27. The summed E-state index contributed by atoms with van der Waals surface area (Å²) in [6.07, 6.45) is -0.569.